The number of aryl methyl sites for hydroxylation is 2. The van der Waals surface area contributed by atoms with E-state index in [1.165, 1.54) is 0 Å². The normalized spacial score (nSPS) is 10.4. The van der Waals surface area contributed by atoms with E-state index in [2.05, 4.69) is 21.2 Å². The zero-order chi connectivity index (χ0) is 14.9. The number of halogens is 3. The Kier molecular flexibility index (Phi) is 4.74. The van der Waals surface area contributed by atoms with E-state index in [9.17, 15) is 4.79 Å². The molecule has 0 aromatic heterocycles. The van der Waals surface area contributed by atoms with E-state index in [0.717, 1.165) is 15.6 Å². The van der Waals surface area contributed by atoms with Crippen molar-refractivity contribution in [3.05, 3.63) is 61.5 Å². The van der Waals surface area contributed by atoms with Crippen molar-refractivity contribution < 1.29 is 4.79 Å². The van der Waals surface area contributed by atoms with Crippen LogP contribution in [-0.2, 0) is 0 Å². The summed E-state index contributed by atoms with van der Waals surface area (Å²) in [5.41, 5.74) is 2.99. The fourth-order valence-corrected chi connectivity index (χ4v) is 2.48. The highest BCUT2D eigenvalue weighted by Gasteiger charge is 2.11. The summed E-state index contributed by atoms with van der Waals surface area (Å²) in [6.45, 7) is 3.82. The Balaban J connectivity index is 2.27. The van der Waals surface area contributed by atoms with E-state index in [1.807, 2.05) is 19.9 Å². The number of rotatable bonds is 2. The largest absolute Gasteiger partial charge is 0.321 e. The molecule has 0 saturated heterocycles. The standard InChI is InChI=1S/C15H12BrCl2NO/c1-8-3-4-10(6-11(8)16)15(20)19-14-7-12(17)9(2)5-13(14)18/h3-7H,1-2H3,(H,19,20). The van der Waals surface area contributed by atoms with Crippen molar-refractivity contribution in [1.82, 2.24) is 0 Å². The predicted molar refractivity (Wildman–Crippen MR) is 88.0 cm³/mol. The monoisotopic (exact) mass is 371 g/mol. The lowest BCUT2D eigenvalue weighted by atomic mass is 10.1. The van der Waals surface area contributed by atoms with Crippen LogP contribution < -0.4 is 5.32 Å². The van der Waals surface area contributed by atoms with Crippen LogP contribution in [-0.4, -0.2) is 5.91 Å². The quantitative estimate of drug-likeness (QED) is 0.727. The lowest BCUT2D eigenvalue weighted by molar-refractivity contribution is 0.102. The van der Waals surface area contributed by atoms with E-state index in [1.54, 1.807) is 24.3 Å². The smallest absolute Gasteiger partial charge is 0.255 e. The Hall–Kier alpha value is -1.03. The molecule has 0 aliphatic heterocycles. The van der Waals surface area contributed by atoms with Crippen LogP contribution in [0.2, 0.25) is 10.0 Å². The average molecular weight is 373 g/mol. The minimum atomic E-state index is -0.229. The van der Waals surface area contributed by atoms with E-state index in [0.29, 0.717) is 21.3 Å². The molecule has 0 atom stereocenters. The molecule has 20 heavy (non-hydrogen) atoms. The van der Waals surface area contributed by atoms with E-state index >= 15 is 0 Å². The van der Waals surface area contributed by atoms with Crippen LogP contribution in [0.5, 0.6) is 0 Å². The fourth-order valence-electron chi connectivity index (χ4n) is 1.67. The summed E-state index contributed by atoms with van der Waals surface area (Å²) in [4.78, 5) is 12.2. The van der Waals surface area contributed by atoms with Gasteiger partial charge in [0.2, 0.25) is 0 Å². The summed E-state index contributed by atoms with van der Waals surface area (Å²) in [6, 6.07) is 8.79. The van der Waals surface area contributed by atoms with Gasteiger partial charge in [-0.25, -0.2) is 0 Å². The number of anilines is 1. The van der Waals surface area contributed by atoms with Gasteiger partial charge in [0, 0.05) is 15.1 Å². The predicted octanol–water partition coefficient (Wildman–Crippen LogP) is 5.63. The molecule has 5 heteroatoms. The first-order valence-electron chi connectivity index (χ1n) is 5.91. The van der Waals surface area contributed by atoms with Crippen molar-refractivity contribution in [2.75, 3.05) is 5.32 Å². The van der Waals surface area contributed by atoms with Crippen LogP contribution in [0.4, 0.5) is 5.69 Å². The molecule has 1 amide bonds. The van der Waals surface area contributed by atoms with Crippen molar-refractivity contribution in [1.29, 1.82) is 0 Å². The maximum Gasteiger partial charge on any atom is 0.255 e. The van der Waals surface area contributed by atoms with Gasteiger partial charge in [-0.15, -0.1) is 0 Å². The fraction of sp³-hybridized carbons (Fsp3) is 0.133. The lowest BCUT2D eigenvalue weighted by Crippen LogP contribution is -2.12. The molecule has 0 fully saturated rings. The molecule has 2 rings (SSSR count). The molecule has 0 saturated carbocycles. The molecule has 0 radical (unpaired) electrons. The Morgan fingerprint density at radius 2 is 1.75 bits per heavy atom. The number of hydrogen-bond donors (Lipinski definition) is 1. The van der Waals surface area contributed by atoms with Gasteiger partial charge in [-0.05, 0) is 49.2 Å². The summed E-state index contributed by atoms with van der Waals surface area (Å²) < 4.78 is 0.887. The van der Waals surface area contributed by atoms with Crippen molar-refractivity contribution >= 4 is 50.7 Å². The zero-order valence-corrected chi connectivity index (χ0v) is 14.0. The molecular formula is C15H12BrCl2NO. The highest BCUT2D eigenvalue weighted by molar-refractivity contribution is 9.10. The summed E-state index contributed by atoms with van der Waals surface area (Å²) in [7, 11) is 0. The average Bonchev–Trinajstić information content (AvgIpc) is 2.39. The molecule has 0 aliphatic rings. The van der Waals surface area contributed by atoms with Crippen molar-refractivity contribution in [2.24, 2.45) is 0 Å². The Morgan fingerprint density at radius 3 is 2.40 bits per heavy atom. The molecule has 0 bridgehead atoms. The highest BCUT2D eigenvalue weighted by atomic mass is 79.9. The second kappa shape index (κ2) is 6.17. The van der Waals surface area contributed by atoms with Gasteiger partial charge in [0.15, 0.2) is 0 Å². The molecule has 0 heterocycles. The number of carbonyl (C=O) groups excluding carboxylic acids is 1. The molecule has 2 aromatic carbocycles. The second-order valence-corrected chi connectivity index (χ2v) is 6.17. The molecule has 0 spiro atoms. The molecule has 0 aliphatic carbocycles. The summed E-state index contributed by atoms with van der Waals surface area (Å²) in [5, 5.41) is 3.79. The first-order chi connectivity index (χ1) is 9.38. The van der Waals surface area contributed by atoms with Gasteiger partial charge in [-0.3, -0.25) is 4.79 Å². The summed E-state index contributed by atoms with van der Waals surface area (Å²) in [5.74, 6) is -0.229. The third-order valence-electron chi connectivity index (χ3n) is 2.93. The number of amides is 1. The van der Waals surface area contributed by atoms with Crippen LogP contribution in [0.25, 0.3) is 0 Å². The van der Waals surface area contributed by atoms with Crippen LogP contribution in [0.3, 0.4) is 0 Å². The lowest BCUT2D eigenvalue weighted by Gasteiger charge is -2.10. The molecule has 104 valence electrons. The summed E-state index contributed by atoms with van der Waals surface area (Å²) >= 11 is 15.6. The number of hydrogen-bond acceptors (Lipinski definition) is 1. The number of nitrogens with one attached hydrogen (secondary N) is 1. The first-order valence-corrected chi connectivity index (χ1v) is 7.46. The number of carbonyl (C=O) groups is 1. The van der Waals surface area contributed by atoms with Crippen LogP contribution in [0, 0.1) is 13.8 Å². The third kappa shape index (κ3) is 3.35. The van der Waals surface area contributed by atoms with Gasteiger partial charge in [0.1, 0.15) is 0 Å². The van der Waals surface area contributed by atoms with Crippen LogP contribution in [0.15, 0.2) is 34.8 Å². The molecule has 2 nitrogen and oxygen atoms in total. The van der Waals surface area contributed by atoms with E-state index in [-0.39, 0.29) is 5.91 Å². The SMILES string of the molecule is Cc1cc(Cl)c(NC(=O)c2ccc(C)c(Br)c2)cc1Cl. The van der Waals surface area contributed by atoms with E-state index < -0.39 is 0 Å². The first kappa shape index (κ1) is 15.4. The van der Waals surface area contributed by atoms with Gasteiger partial charge in [0.25, 0.3) is 5.91 Å². The minimum Gasteiger partial charge on any atom is -0.321 e. The van der Waals surface area contributed by atoms with Gasteiger partial charge in [-0.2, -0.15) is 0 Å². The second-order valence-electron chi connectivity index (χ2n) is 4.50. The Labute approximate surface area is 136 Å². The molecule has 2 aromatic rings. The van der Waals surface area contributed by atoms with E-state index in [4.69, 9.17) is 23.2 Å². The van der Waals surface area contributed by atoms with Crippen LogP contribution in [0.1, 0.15) is 21.5 Å². The maximum absolute atomic E-state index is 12.2. The van der Waals surface area contributed by atoms with Gasteiger partial charge >= 0.3 is 0 Å². The van der Waals surface area contributed by atoms with Crippen LogP contribution >= 0.6 is 39.1 Å². The molecule has 0 unspecified atom stereocenters. The van der Waals surface area contributed by atoms with Gasteiger partial charge in [0.05, 0.1) is 10.7 Å². The highest BCUT2D eigenvalue weighted by Crippen LogP contribution is 2.29. The number of benzene rings is 2. The van der Waals surface area contributed by atoms with Gasteiger partial charge in [-0.1, -0.05) is 45.2 Å². The summed E-state index contributed by atoms with van der Waals surface area (Å²) in [6.07, 6.45) is 0. The molecule has 1 N–H and O–H groups in total. The van der Waals surface area contributed by atoms with Crippen molar-refractivity contribution in [2.45, 2.75) is 13.8 Å². The van der Waals surface area contributed by atoms with Gasteiger partial charge < -0.3 is 5.32 Å². The topological polar surface area (TPSA) is 29.1 Å². The third-order valence-corrected chi connectivity index (χ3v) is 4.50. The maximum atomic E-state index is 12.2. The molecular weight excluding hydrogens is 361 g/mol. The zero-order valence-electron chi connectivity index (χ0n) is 10.9. The van der Waals surface area contributed by atoms with Crippen molar-refractivity contribution in [3.8, 4) is 0 Å². The van der Waals surface area contributed by atoms with Crippen molar-refractivity contribution in [3.63, 3.8) is 0 Å². The Bertz CT molecular complexity index is 686. The Morgan fingerprint density at radius 1 is 1.05 bits per heavy atom. The minimum absolute atomic E-state index is 0.229.